The summed E-state index contributed by atoms with van der Waals surface area (Å²) in [6.45, 7) is 2.97. The van der Waals surface area contributed by atoms with Gasteiger partial charge in [-0.25, -0.2) is 4.90 Å². The van der Waals surface area contributed by atoms with Gasteiger partial charge < -0.3 is 9.64 Å². The number of carbonyl (C=O) groups excluding carboxylic acids is 2. The highest BCUT2D eigenvalue weighted by atomic mass is 16.5. The minimum absolute atomic E-state index is 0.275. The summed E-state index contributed by atoms with van der Waals surface area (Å²) in [4.78, 5) is 29.9. The first-order chi connectivity index (χ1) is 13.3. The topological polar surface area (TPSA) is 49.9 Å². The van der Waals surface area contributed by atoms with Crippen LogP contribution in [0.5, 0.6) is 0 Å². The molecular formula is C22H18N2O3. The fourth-order valence-electron chi connectivity index (χ4n) is 3.97. The average molecular weight is 358 g/mol. The lowest BCUT2D eigenvalue weighted by Gasteiger charge is -2.32. The van der Waals surface area contributed by atoms with Crippen molar-refractivity contribution in [2.45, 2.75) is 0 Å². The van der Waals surface area contributed by atoms with E-state index in [-0.39, 0.29) is 11.8 Å². The molecule has 3 aromatic rings. The quantitative estimate of drug-likeness (QED) is 0.658. The maximum Gasteiger partial charge on any atom is 0.265 e. The molecule has 2 aliphatic heterocycles. The van der Waals surface area contributed by atoms with Crippen LogP contribution >= 0.6 is 0 Å². The summed E-state index contributed by atoms with van der Waals surface area (Å²) < 4.78 is 5.45. The first-order valence-electron chi connectivity index (χ1n) is 9.08. The van der Waals surface area contributed by atoms with Crippen LogP contribution in [0.3, 0.4) is 0 Å². The van der Waals surface area contributed by atoms with Gasteiger partial charge in [-0.2, -0.15) is 0 Å². The van der Waals surface area contributed by atoms with Crippen molar-refractivity contribution in [3.63, 3.8) is 0 Å². The predicted octanol–water partition coefficient (Wildman–Crippen LogP) is 3.48. The van der Waals surface area contributed by atoms with Gasteiger partial charge in [-0.3, -0.25) is 9.59 Å². The van der Waals surface area contributed by atoms with E-state index in [0.717, 1.165) is 29.5 Å². The van der Waals surface area contributed by atoms with Crippen LogP contribution in [0.25, 0.3) is 10.8 Å². The summed E-state index contributed by atoms with van der Waals surface area (Å²) in [5.41, 5.74) is 2.78. The van der Waals surface area contributed by atoms with Crippen molar-refractivity contribution in [2.24, 2.45) is 0 Å². The highest BCUT2D eigenvalue weighted by Gasteiger charge is 2.34. The summed E-state index contributed by atoms with van der Waals surface area (Å²) in [5.74, 6) is -0.549. The van der Waals surface area contributed by atoms with Crippen LogP contribution in [-0.2, 0) is 4.74 Å². The van der Waals surface area contributed by atoms with Crippen molar-refractivity contribution >= 4 is 34.0 Å². The molecular weight excluding hydrogens is 340 g/mol. The lowest BCUT2D eigenvalue weighted by molar-refractivity contribution is 0.0893. The third kappa shape index (κ3) is 2.43. The number of carbonyl (C=O) groups is 2. The summed E-state index contributed by atoms with van der Waals surface area (Å²) >= 11 is 0. The monoisotopic (exact) mass is 358 g/mol. The number of hydrogen-bond donors (Lipinski definition) is 0. The molecule has 134 valence electrons. The van der Waals surface area contributed by atoms with Crippen molar-refractivity contribution in [3.05, 3.63) is 71.8 Å². The molecule has 0 N–H and O–H groups in total. The number of hydrogen-bond acceptors (Lipinski definition) is 4. The van der Waals surface area contributed by atoms with Gasteiger partial charge in [-0.15, -0.1) is 0 Å². The van der Waals surface area contributed by atoms with Crippen molar-refractivity contribution in [1.82, 2.24) is 0 Å². The van der Waals surface area contributed by atoms with E-state index in [1.54, 1.807) is 18.2 Å². The molecule has 0 atom stereocenters. The highest BCUT2D eigenvalue weighted by Crippen LogP contribution is 2.37. The van der Waals surface area contributed by atoms with Crippen LogP contribution in [0.1, 0.15) is 20.7 Å². The molecule has 5 heteroatoms. The SMILES string of the molecule is O=C1c2cccc3c(N4CCOCC4)ccc(c23)C(=O)N1c1ccccc1. The van der Waals surface area contributed by atoms with Gasteiger partial charge in [-0.05, 0) is 30.3 Å². The Balaban J connectivity index is 1.70. The lowest BCUT2D eigenvalue weighted by atomic mass is 9.92. The van der Waals surface area contributed by atoms with Gasteiger partial charge in [0.25, 0.3) is 11.8 Å². The van der Waals surface area contributed by atoms with E-state index >= 15 is 0 Å². The summed E-state index contributed by atoms with van der Waals surface area (Å²) in [6, 6.07) is 18.6. The molecule has 0 spiro atoms. The Morgan fingerprint density at radius 1 is 0.741 bits per heavy atom. The zero-order valence-electron chi connectivity index (χ0n) is 14.7. The van der Waals surface area contributed by atoms with Gasteiger partial charge in [0, 0.05) is 40.7 Å². The van der Waals surface area contributed by atoms with Gasteiger partial charge in [-0.1, -0.05) is 30.3 Å². The zero-order chi connectivity index (χ0) is 18.4. The Morgan fingerprint density at radius 3 is 2.19 bits per heavy atom. The molecule has 0 aliphatic carbocycles. The van der Waals surface area contributed by atoms with Gasteiger partial charge in [0.05, 0.1) is 18.9 Å². The molecule has 0 bridgehead atoms. The van der Waals surface area contributed by atoms with E-state index in [1.807, 2.05) is 42.5 Å². The summed E-state index contributed by atoms with van der Waals surface area (Å²) in [6.07, 6.45) is 0. The average Bonchev–Trinajstić information content (AvgIpc) is 2.73. The maximum absolute atomic E-state index is 13.2. The number of rotatable bonds is 2. The molecule has 3 aromatic carbocycles. The number of benzene rings is 3. The highest BCUT2D eigenvalue weighted by molar-refractivity contribution is 6.36. The molecule has 1 saturated heterocycles. The Bertz CT molecular complexity index is 1030. The second kappa shape index (κ2) is 6.21. The van der Waals surface area contributed by atoms with Crippen LogP contribution in [0.15, 0.2) is 60.7 Å². The minimum Gasteiger partial charge on any atom is -0.378 e. The van der Waals surface area contributed by atoms with E-state index in [1.165, 1.54) is 4.90 Å². The lowest BCUT2D eigenvalue weighted by Crippen LogP contribution is -2.41. The van der Waals surface area contributed by atoms with Crippen molar-refractivity contribution < 1.29 is 14.3 Å². The number of morpholine rings is 1. The van der Waals surface area contributed by atoms with Gasteiger partial charge in [0.1, 0.15) is 0 Å². The molecule has 0 aromatic heterocycles. The molecule has 0 saturated carbocycles. The van der Waals surface area contributed by atoms with Crippen LogP contribution in [0.2, 0.25) is 0 Å². The molecule has 0 radical (unpaired) electrons. The Kier molecular flexibility index (Phi) is 3.69. The normalized spacial score (nSPS) is 16.9. The summed E-state index contributed by atoms with van der Waals surface area (Å²) in [5, 5.41) is 1.70. The smallest absolute Gasteiger partial charge is 0.265 e. The first kappa shape index (κ1) is 16.0. The number of imide groups is 1. The molecule has 1 fully saturated rings. The van der Waals surface area contributed by atoms with E-state index in [9.17, 15) is 9.59 Å². The Hall–Kier alpha value is -3.18. The number of amides is 2. The second-order valence-corrected chi connectivity index (χ2v) is 6.74. The van der Waals surface area contributed by atoms with Crippen LogP contribution in [0, 0.1) is 0 Å². The fourth-order valence-corrected chi connectivity index (χ4v) is 3.97. The minimum atomic E-state index is -0.275. The Labute approximate surface area is 156 Å². The third-order valence-electron chi connectivity index (χ3n) is 5.25. The summed E-state index contributed by atoms with van der Waals surface area (Å²) in [7, 11) is 0. The molecule has 2 aliphatic rings. The molecule has 2 amide bonds. The largest absolute Gasteiger partial charge is 0.378 e. The van der Waals surface area contributed by atoms with Crippen molar-refractivity contribution in [2.75, 3.05) is 36.1 Å². The van der Waals surface area contributed by atoms with Gasteiger partial charge in [0.2, 0.25) is 0 Å². The van der Waals surface area contributed by atoms with Gasteiger partial charge in [0.15, 0.2) is 0 Å². The second-order valence-electron chi connectivity index (χ2n) is 6.74. The number of nitrogens with zero attached hydrogens (tertiary/aromatic N) is 2. The maximum atomic E-state index is 13.2. The number of para-hydroxylation sites is 1. The molecule has 5 rings (SSSR count). The molecule has 0 unspecified atom stereocenters. The first-order valence-corrected chi connectivity index (χ1v) is 9.08. The van der Waals surface area contributed by atoms with Crippen LogP contribution in [0.4, 0.5) is 11.4 Å². The van der Waals surface area contributed by atoms with E-state index < -0.39 is 0 Å². The standard InChI is InChI=1S/C22H18N2O3/c25-21-17-8-4-7-16-19(23-11-13-27-14-12-23)10-9-18(20(16)17)22(26)24(21)15-5-2-1-3-6-15/h1-10H,11-14H2. The van der Waals surface area contributed by atoms with E-state index in [0.29, 0.717) is 30.0 Å². The Morgan fingerprint density at radius 2 is 1.44 bits per heavy atom. The molecule has 2 heterocycles. The van der Waals surface area contributed by atoms with Gasteiger partial charge >= 0.3 is 0 Å². The van der Waals surface area contributed by atoms with E-state index in [4.69, 9.17) is 4.74 Å². The fraction of sp³-hybridized carbons (Fsp3) is 0.182. The van der Waals surface area contributed by atoms with Crippen molar-refractivity contribution in [1.29, 1.82) is 0 Å². The number of anilines is 2. The van der Waals surface area contributed by atoms with E-state index in [2.05, 4.69) is 4.90 Å². The number of ether oxygens (including phenoxy) is 1. The molecule has 27 heavy (non-hydrogen) atoms. The third-order valence-corrected chi connectivity index (χ3v) is 5.25. The predicted molar refractivity (Wildman–Crippen MR) is 105 cm³/mol. The van der Waals surface area contributed by atoms with Crippen molar-refractivity contribution in [3.8, 4) is 0 Å². The van der Waals surface area contributed by atoms with Crippen LogP contribution in [-0.4, -0.2) is 38.1 Å². The van der Waals surface area contributed by atoms with Crippen LogP contribution < -0.4 is 9.80 Å². The zero-order valence-corrected chi connectivity index (χ0v) is 14.7. The molecule has 5 nitrogen and oxygen atoms in total.